The number of para-hydroxylation sites is 1. The van der Waals surface area contributed by atoms with E-state index < -0.39 is 0 Å². The molecular formula is C26H31N3O4. The first-order valence-corrected chi connectivity index (χ1v) is 11.5. The van der Waals surface area contributed by atoms with E-state index in [1.165, 1.54) is 0 Å². The van der Waals surface area contributed by atoms with Crippen molar-refractivity contribution in [2.45, 2.75) is 52.9 Å². The second-order valence-electron chi connectivity index (χ2n) is 8.90. The van der Waals surface area contributed by atoms with Crippen LogP contribution in [0.25, 0.3) is 11.4 Å². The van der Waals surface area contributed by atoms with Crippen LogP contribution in [0.3, 0.4) is 0 Å². The van der Waals surface area contributed by atoms with E-state index in [1.54, 1.807) is 10.7 Å². The predicted molar refractivity (Wildman–Crippen MR) is 126 cm³/mol. The molecule has 0 atom stereocenters. The zero-order valence-electron chi connectivity index (χ0n) is 19.8. The third kappa shape index (κ3) is 4.19. The summed E-state index contributed by atoms with van der Waals surface area (Å²) in [4.78, 5) is 38.7. The minimum Gasteiger partial charge on any atom is -0.457 e. The van der Waals surface area contributed by atoms with Crippen molar-refractivity contribution in [2.75, 3.05) is 6.61 Å². The zero-order chi connectivity index (χ0) is 23.7. The molecule has 174 valence electrons. The van der Waals surface area contributed by atoms with E-state index >= 15 is 0 Å². The summed E-state index contributed by atoms with van der Waals surface area (Å²) in [5.41, 5.74) is 3.82. The Labute approximate surface area is 193 Å². The van der Waals surface area contributed by atoms with E-state index in [0.29, 0.717) is 16.9 Å². The van der Waals surface area contributed by atoms with Crippen LogP contribution in [0.4, 0.5) is 0 Å². The second kappa shape index (κ2) is 9.25. The maximum absolute atomic E-state index is 13.5. The lowest BCUT2D eigenvalue weighted by Crippen LogP contribution is -2.23. The molecule has 0 amide bonds. The summed E-state index contributed by atoms with van der Waals surface area (Å²) in [5, 5.41) is 0. The Morgan fingerprint density at radius 2 is 1.67 bits per heavy atom. The molecule has 1 aliphatic carbocycles. The topological polar surface area (TPSA) is 75.2 Å². The van der Waals surface area contributed by atoms with Gasteiger partial charge >= 0.3 is 5.97 Å². The number of ketones is 1. The van der Waals surface area contributed by atoms with Crippen LogP contribution in [-0.4, -0.2) is 32.3 Å². The number of nitrogens with zero attached hydrogens (tertiary/aromatic N) is 3. The van der Waals surface area contributed by atoms with Crippen LogP contribution in [-0.2, 0) is 16.6 Å². The van der Waals surface area contributed by atoms with Crippen LogP contribution in [0.15, 0.2) is 41.2 Å². The van der Waals surface area contributed by atoms with Crippen molar-refractivity contribution < 1.29 is 14.3 Å². The van der Waals surface area contributed by atoms with Crippen molar-refractivity contribution in [3.05, 3.63) is 69.4 Å². The molecule has 0 aliphatic heterocycles. The Morgan fingerprint density at radius 3 is 2.33 bits per heavy atom. The van der Waals surface area contributed by atoms with Gasteiger partial charge in [0.2, 0.25) is 5.78 Å². The van der Waals surface area contributed by atoms with Gasteiger partial charge in [-0.1, -0.05) is 37.5 Å². The summed E-state index contributed by atoms with van der Waals surface area (Å²) < 4.78 is 10.6. The van der Waals surface area contributed by atoms with E-state index in [9.17, 15) is 14.4 Å². The fourth-order valence-corrected chi connectivity index (χ4v) is 4.87. The number of ether oxygens (including phenoxy) is 1. The molecule has 0 bridgehead atoms. The van der Waals surface area contributed by atoms with Gasteiger partial charge < -0.3 is 9.30 Å². The second-order valence-corrected chi connectivity index (χ2v) is 8.90. The smallest absolute Gasteiger partial charge is 0.309 e. The lowest BCUT2D eigenvalue weighted by atomic mass is 9.89. The van der Waals surface area contributed by atoms with Crippen LogP contribution < -0.4 is 5.56 Å². The average Bonchev–Trinajstić information content (AvgIpc) is 3.23. The summed E-state index contributed by atoms with van der Waals surface area (Å²) in [7, 11) is 1.85. The summed E-state index contributed by atoms with van der Waals surface area (Å²) in [5.74, 6) is -0.626. The van der Waals surface area contributed by atoms with Gasteiger partial charge in [0.25, 0.3) is 5.56 Å². The van der Waals surface area contributed by atoms with Crippen molar-refractivity contribution in [1.29, 1.82) is 0 Å². The van der Waals surface area contributed by atoms with Gasteiger partial charge in [0.05, 0.1) is 17.3 Å². The fraction of sp³-hybridized carbons (Fsp3) is 0.423. The molecule has 2 aromatic heterocycles. The SMILES string of the molecule is Cc1cc(C(=O)COC(=O)C2CCCCC2)c(C)n1-c1c(C)n(C)n(-c2ccccc2)c1=O. The molecule has 1 aromatic carbocycles. The number of carbonyl (C=O) groups is 2. The molecule has 7 heteroatoms. The number of aromatic nitrogens is 3. The van der Waals surface area contributed by atoms with Gasteiger partial charge in [-0.25, -0.2) is 4.68 Å². The van der Waals surface area contributed by atoms with Crippen molar-refractivity contribution in [3.8, 4) is 11.4 Å². The summed E-state index contributed by atoms with van der Waals surface area (Å²) in [6.07, 6.45) is 4.89. The lowest BCUT2D eigenvalue weighted by Gasteiger charge is -2.19. The summed E-state index contributed by atoms with van der Waals surface area (Å²) >= 11 is 0. The number of carbonyl (C=O) groups excluding carboxylic acids is 2. The molecule has 0 radical (unpaired) electrons. The molecule has 1 aliphatic rings. The van der Waals surface area contributed by atoms with Crippen molar-refractivity contribution in [1.82, 2.24) is 13.9 Å². The quantitative estimate of drug-likeness (QED) is 0.418. The van der Waals surface area contributed by atoms with Gasteiger partial charge in [0.15, 0.2) is 6.61 Å². The van der Waals surface area contributed by atoms with Gasteiger partial charge in [-0.3, -0.25) is 19.1 Å². The van der Waals surface area contributed by atoms with E-state index in [0.717, 1.165) is 49.2 Å². The first-order valence-electron chi connectivity index (χ1n) is 11.5. The van der Waals surface area contributed by atoms with Crippen LogP contribution in [0.1, 0.15) is 59.5 Å². The molecule has 33 heavy (non-hydrogen) atoms. The highest BCUT2D eigenvalue weighted by molar-refractivity contribution is 5.99. The predicted octanol–water partition coefficient (Wildman–Crippen LogP) is 4.20. The number of hydrogen-bond donors (Lipinski definition) is 0. The number of benzene rings is 1. The first kappa shape index (κ1) is 22.8. The van der Waals surface area contributed by atoms with Gasteiger partial charge in [-0.2, -0.15) is 0 Å². The Morgan fingerprint density at radius 1 is 1.00 bits per heavy atom. The fourth-order valence-electron chi connectivity index (χ4n) is 4.87. The first-order chi connectivity index (χ1) is 15.8. The number of hydrogen-bond acceptors (Lipinski definition) is 4. The van der Waals surface area contributed by atoms with Crippen LogP contribution >= 0.6 is 0 Å². The average molecular weight is 450 g/mol. The molecule has 1 saturated carbocycles. The third-order valence-corrected chi connectivity index (χ3v) is 6.76. The van der Waals surface area contributed by atoms with Crippen molar-refractivity contribution in [3.63, 3.8) is 0 Å². The number of esters is 1. The minimum atomic E-state index is -0.276. The third-order valence-electron chi connectivity index (χ3n) is 6.76. The van der Waals surface area contributed by atoms with Gasteiger partial charge in [0.1, 0.15) is 5.69 Å². The van der Waals surface area contributed by atoms with E-state index in [1.807, 2.05) is 67.4 Å². The molecule has 0 N–H and O–H groups in total. The summed E-state index contributed by atoms with van der Waals surface area (Å²) in [6.45, 7) is 5.31. The van der Waals surface area contributed by atoms with Crippen molar-refractivity contribution in [2.24, 2.45) is 13.0 Å². The Kier molecular flexibility index (Phi) is 6.40. The minimum absolute atomic E-state index is 0.0950. The van der Waals surface area contributed by atoms with Gasteiger partial charge in [-0.05, 0) is 51.8 Å². The van der Waals surface area contributed by atoms with Crippen LogP contribution in [0, 0.1) is 26.7 Å². The number of Topliss-reactive ketones (excluding diaryl/α,β-unsaturated/α-hetero) is 1. The Bertz CT molecular complexity index is 1240. The monoisotopic (exact) mass is 449 g/mol. The molecule has 0 saturated heterocycles. The Hall–Kier alpha value is -3.35. The van der Waals surface area contributed by atoms with E-state index in [4.69, 9.17) is 4.74 Å². The normalized spacial score (nSPS) is 14.4. The molecule has 1 fully saturated rings. The Balaban J connectivity index is 1.63. The highest BCUT2D eigenvalue weighted by Gasteiger charge is 2.26. The number of rotatable bonds is 6. The van der Waals surface area contributed by atoms with Crippen molar-refractivity contribution >= 4 is 11.8 Å². The molecule has 3 aromatic rings. The standard InChI is InChI=1S/C26H31N3O4/c1-17-15-22(23(30)16-33-26(32)20-11-7-5-8-12-20)18(2)28(17)24-19(3)27(4)29(25(24)31)21-13-9-6-10-14-21/h6,9-10,13-15,20H,5,7-8,11-12,16H2,1-4H3. The highest BCUT2D eigenvalue weighted by Crippen LogP contribution is 2.26. The molecule has 0 spiro atoms. The molecule has 2 heterocycles. The van der Waals surface area contributed by atoms with E-state index in [2.05, 4.69) is 0 Å². The van der Waals surface area contributed by atoms with E-state index in [-0.39, 0.29) is 29.8 Å². The summed E-state index contributed by atoms with van der Waals surface area (Å²) in [6, 6.07) is 11.2. The van der Waals surface area contributed by atoms with Gasteiger partial charge in [0, 0.05) is 24.0 Å². The molecule has 4 rings (SSSR count). The highest BCUT2D eigenvalue weighted by atomic mass is 16.5. The lowest BCUT2D eigenvalue weighted by molar-refractivity contribution is -0.148. The van der Waals surface area contributed by atoms with Crippen LogP contribution in [0.5, 0.6) is 0 Å². The maximum atomic E-state index is 13.5. The van der Waals surface area contributed by atoms with Gasteiger partial charge in [-0.15, -0.1) is 0 Å². The maximum Gasteiger partial charge on any atom is 0.309 e. The molecule has 7 nitrogen and oxygen atoms in total. The number of aryl methyl sites for hydroxylation is 1. The largest absolute Gasteiger partial charge is 0.457 e. The molecular weight excluding hydrogens is 418 g/mol. The zero-order valence-corrected chi connectivity index (χ0v) is 19.8. The van der Waals surface area contributed by atoms with Crippen LogP contribution in [0.2, 0.25) is 0 Å². The molecule has 0 unspecified atom stereocenters.